The van der Waals surface area contributed by atoms with Crippen molar-refractivity contribution in [3.05, 3.63) is 83.0 Å². The van der Waals surface area contributed by atoms with Crippen LogP contribution in [-0.2, 0) is 11.3 Å². The largest absolute Gasteiger partial charge is 0.497 e. The number of amides is 3. The van der Waals surface area contributed by atoms with Crippen LogP contribution in [0, 0.1) is 0 Å². The fourth-order valence-electron chi connectivity index (χ4n) is 3.83. The summed E-state index contributed by atoms with van der Waals surface area (Å²) in [6, 6.07) is 15.1. The second kappa shape index (κ2) is 9.99. The van der Waals surface area contributed by atoms with Crippen LogP contribution in [0.25, 0.3) is 0 Å². The summed E-state index contributed by atoms with van der Waals surface area (Å²) in [5, 5.41) is 5.75. The van der Waals surface area contributed by atoms with Crippen molar-refractivity contribution in [1.29, 1.82) is 0 Å². The van der Waals surface area contributed by atoms with Gasteiger partial charge in [-0.05, 0) is 60.9 Å². The highest BCUT2D eigenvalue weighted by Crippen LogP contribution is 2.22. The zero-order valence-corrected chi connectivity index (χ0v) is 18.2. The molecule has 2 N–H and O–H groups in total. The van der Waals surface area contributed by atoms with Gasteiger partial charge in [0.2, 0.25) is 5.91 Å². The first-order valence-corrected chi connectivity index (χ1v) is 10.7. The lowest BCUT2D eigenvalue weighted by Crippen LogP contribution is -2.45. The molecule has 9 nitrogen and oxygen atoms in total. The topological polar surface area (TPSA) is 106 Å². The second-order valence-corrected chi connectivity index (χ2v) is 7.73. The molecule has 0 unspecified atom stereocenters. The van der Waals surface area contributed by atoms with Gasteiger partial charge in [-0.1, -0.05) is 12.1 Å². The van der Waals surface area contributed by atoms with Crippen molar-refractivity contribution in [1.82, 2.24) is 14.5 Å². The number of benzene rings is 2. The first kappa shape index (κ1) is 22.1. The molecular weight excluding hydrogens is 422 g/mol. The molecule has 0 saturated carbocycles. The maximum Gasteiger partial charge on any atom is 0.347 e. The number of carbonyl (C=O) groups excluding carboxylic acids is 2. The van der Waals surface area contributed by atoms with Crippen molar-refractivity contribution in [2.24, 2.45) is 0 Å². The van der Waals surface area contributed by atoms with Crippen molar-refractivity contribution in [2.75, 3.05) is 24.3 Å². The molecule has 2 aromatic carbocycles. The quantitative estimate of drug-likeness (QED) is 0.604. The van der Waals surface area contributed by atoms with Gasteiger partial charge in [0.15, 0.2) is 0 Å². The van der Waals surface area contributed by atoms with E-state index in [0.29, 0.717) is 36.6 Å². The van der Waals surface area contributed by atoms with Gasteiger partial charge in [-0.25, -0.2) is 14.6 Å². The zero-order valence-electron chi connectivity index (χ0n) is 18.2. The van der Waals surface area contributed by atoms with Crippen LogP contribution in [0.4, 0.5) is 16.2 Å². The van der Waals surface area contributed by atoms with E-state index in [0.717, 1.165) is 12.0 Å². The van der Waals surface area contributed by atoms with Crippen LogP contribution in [0.15, 0.2) is 71.8 Å². The Kier molecular flexibility index (Phi) is 6.68. The lowest BCUT2D eigenvalue weighted by molar-refractivity contribution is -0.119. The van der Waals surface area contributed by atoms with Gasteiger partial charge < -0.3 is 20.3 Å². The Morgan fingerprint density at radius 2 is 1.91 bits per heavy atom. The third-order valence-electron chi connectivity index (χ3n) is 5.49. The summed E-state index contributed by atoms with van der Waals surface area (Å²) < 4.78 is 6.62. The van der Waals surface area contributed by atoms with E-state index < -0.39 is 6.04 Å². The fraction of sp³-hybridized carbons (Fsp3) is 0.250. The maximum atomic E-state index is 12.9. The molecule has 0 radical (unpaired) electrons. The van der Waals surface area contributed by atoms with E-state index in [1.165, 1.54) is 10.8 Å². The van der Waals surface area contributed by atoms with Crippen LogP contribution in [0.3, 0.4) is 0 Å². The number of aromatic nitrogens is 2. The number of hydrogen-bond donors (Lipinski definition) is 2. The van der Waals surface area contributed by atoms with Crippen molar-refractivity contribution in [3.63, 3.8) is 0 Å². The molecule has 1 saturated heterocycles. The van der Waals surface area contributed by atoms with Crippen LogP contribution < -0.4 is 21.1 Å². The number of carbonyl (C=O) groups is 2. The summed E-state index contributed by atoms with van der Waals surface area (Å²) in [7, 11) is 1.58. The average molecular weight is 447 g/mol. The average Bonchev–Trinajstić information content (AvgIpc) is 3.32. The molecule has 0 bridgehead atoms. The van der Waals surface area contributed by atoms with Crippen molar-refractivity contribution in [3.8, 4) is 5.75 Å². The second-order valence-electron chi connectivity index (χ2n) is 7.73. The Labute approximate surface area is 191 Å². The maximum absolute atomic E-state index is 12.9. The number of urea groups is 1. The Morgan fingerprint density at radius 1 is 1.09 bits per heavy atom. The minimum absolute atomic E-state index is 0.225. The number of nitrogens with zero attached hydrogens (tertiary/aromatic N) is 3. The van der Waals surface area contributed by atoms with Gasteiger partial charge in [0.05, 0.1) is 13.7 Å². The molecule has 4 rings (SSSR count). The Bertz CT molecular complexity index is 1190. The van der Waals surface area contributed by atoms with Crippen molar-refractivity contribution in [2.45, 2.75) is 25.4 Å². The molecule has 1 fully saturated rings. The summed E-state index contributed by atoms with van der Waals surface area (Å²) in [5.74, 6) is 0.475. The normalized spacial score (nSPS) is 15.2. The number of methoxy groups -OCH3 is 1. The van der Waals surface area contributed by atoms with Gasteiger partial charge in [-0.15, -0.1) is 0 Å². The minimum Gasteiger partial charge on any atom is -0.497 e. The zero-order chi connectivity index (χ0) is 23.2. The van der Waals surface area contributed by atoms with Crippen LogP contribution >= 0.6 is 0 Å². The summed E-state index contributed by atoms with van der Waals surface area (Å²) in [6.07, 6.45) is 4.46. The van der Waals surface area contributed by atoms with Gasteiger partial charge >= 0.3 is 11.7 Å². The lowest BCUT2D eigenvalue weighted by Gasteiger charge is -2.24. The highest BCUT2D eigenvalue weighted by molar-refractivity contribution is 5.99. The van der Waals surface area contributed by atoms with E-state index in [-0.39, 0.29) is 17.6 Å². The van der Waals surface area contributed by atoms with Gasteiger partial charge in [0.25, 0.3) is 0 Å². The number of rotatable bonds is 6. The van der Waals surface area contributed by atoms with E-state index in [1.54, 1.807) is 60.7 Å². The Balaban J connectivity index is 1.40. The molecular formula is C24H25N5O4. The van der Waals surface area contributed by atoms with Gasteiger partial charge in [-0.2, -0.15) is 0 Å². The molecule has 1 aliphatic rings. The van der Waals surface area contributed by atoms with E-state index in [2.05, 4.69) is 15.6 Å². The molecule has 0 aliphatic carbocycles. The number of likely N-dealkylation sites (tertiary alicyclic amines) is 1. The van der Waals surface area contributed by atoms with Crippen molar-refractivity contribution < 1.29 is 14.3 Å². The highest BCUT2D eigenvalue weighted by atomic mass is 16.5. The van der Waals surface area contributed by atoms with Crippen LogP contribution in [0.2, 0.25) is 0 Å². The van der Waals surface area contributed by atoms with E-state index >= 15 is 0 Å². The Morgan fingerprint density at radius 3 is 2.67 bits per heavy atom. The lowest BCUT2D eigenvalue weighted by atomic mass is 10.2. The molecule has 170 valence electrons. The molecule has 3 aromatic rings. The van der Waals surface area contributed by atoms with Crippen LogP contribution in [0.1, 0.15) is 18.4 Å². The molecule has 1 aliphatic heterocycles. The van der Waals surface area contributed by atoms with E-state index in [4.69, 9.17) is 4.74 Å². The molecule has 1 atom stereocenters. The number of anilines is 2. The first-order chi connectivity index (χ1) is 16.0. The first-order valence-electron chi connectivity index (χ1n) is 10.7. The van der Waals surface area contributed by atoms with Gasteiger partial charge in [0.1, 0.15) is 11.8 Å². The molecule has 2 heterocycles. The predicted octanol–water partition coefficient (Wildman–Crippen LogP) is 2.94. The summed E-state index contributed by atoms with van der Waals surface area (Å²) in [5.41, 5.74) is 1.75. The predicted molar refractivity (Wildman–Crippen MR) is 124 cm³/mol. The standard InChI is InChI=1S/C24H25N5O4/c1-33-20-10-8-18(9-11-20)26-22(30)21-7-3-14-29(21)24(32)27-19-6-2-5-17(15-19)16-28-13-4-12-25-23(28)31/h2,4-6,8-13,15,21H,3,7,14,16H2,1H3,(H,26,30)(H,27,32)/t21-/m1/s1. The van der Waals surface area contributed by atoms with Crippen LogP contribution in [-0.4, -0.2) is 46.1 Å². The molecule has 33 heavy (non-hydrogen) atoms. The smallest absolute Gasteiger partial charge is 0.347 e. The summed E-state index contributed by atoms with van der Waals surface area (Å²) in [4.78, 5) is 42.9. The Hall–Kier alpha value is -4.14. The molecule has 9 heteroatoms. The fourth-order valence-corrected chi connectivity index (χ4v) is 3.83. The third-order valence-corrected chi connectivity index (χ3v) is 5.49. The number of ether oxygens (including phenoxy) is 1. The number of hydrogen-bond acceptors (Lipinski definition) is 5. The third kappa shape index (κ3) is 5.38. The molecule has 0 spiro atoms. The van der Waals surface area contributed by atoms with Crippen molar-refractivity contribution >= 4 is 23.3 Å². The highest BCUT2D eigenvalue weighted by Gasteiger charge is 2.34. The van der Waals surface area contributed by atoms with E-state index in [9.17, 15) is 14.4 Å². The summed E-state index contributed by atoms with van der Waals surface area (Å²) in [6.45, 7) is 0.838. The van der Waals surface area contributed by atoms with Gasteiger partial charge in [-0.3, -0.25) is 9.36 Å². The number of nitrogens with one attached hydrogen (secondary N) is 2. The van der Waals surface area contributed by atoms with Gasteiger partial charge in [0, 0.05) is 30.3 Å². The molecule has 1 aromatic heterocycles. The summed E-state index contributed by atoms with van der Waals surface area (Å²) >= 11 is 0. The minimum atomic E-state index is -0.552. The van der Waals surface area contributed by atoms with E-state index in [1.807, 2.05) is 12.1 Å². The SMILES string of the molecule is COc1ccc(NC(=O)[C@H]2CCCN2C(=O)Nc2cccc(Cn3cccnc3=O)c2)cc1. The molecule has 3 amide bonds. The monoisotopic (exact) mass is 447 g/mol. The van der Waals surface area contributed by atoms with Crippen LogP contribution in [0.5, 0.6) is 5.75 Å².